The van der Waals surface area contributed by atoms with Gasteiger partial charge in [0.15, 0.2) is 0 Å². The van der Waals surface area contributed by atoms with Crippen LogP contribution in [0.25, 0.3) is 0 Å². The van der Waals surface area contributed by atoms with Crippen LogP contribution in [0.3, 0.4) is 0 Å². The van der Waals surface area contributed by atoms with E-state index in [2.05, 4.69) is 17.1 Å². The number of aryl methyl sites for hydroxylation is 2. The summed E-state index contributed by atoms with van der Waals surface area (Å²) in [4.78, 5) is 14.5. The van der Waals surface area contributed by atoms with Crippen LogP contribution >= 0.6 is 0 Å². The first-order chi connectivity index (χ1) is 10.1. The van der Waals surface area contributed by atoms with Crippen LogP contribution in [0, 0.1) is 13.8 Å². The molecule has 0 spiro atoms. The number of H-pyrrole nitrogens is 1. The number of aliphatic hydroxyl groups is 1. The normalized spacial score (nSPS) is 10.9. The van der Waals surface area contributed by atoms with E-state index in [0.29, 0.717) is 18.5 Å². The predicted octanol–water partition coefficient (Wildman–Crippen LogP) is 2.82. The summed E-state index contributed by atoms with van der Waals surface area (Å²) in [7, 11) is 0. The summed E-state index contributed by atoms with van der Waals surface area (Å²) in [5.41, 5.74) is 2.25. The Morgan fingerprint density at radius 1 is 1.14 bits per heavy atom. The van der Waals surface area contributed by atoms with Gasteiger partial charge in [-0.05, 0) is 26.7 Å². The SMILES string of the molecule is CCCCCCCN(CCCO)C(=O)c1c(C)n[nH]c1C. The van der Waals surface area contributed by atoms with Crippen molar-refractivity contribution in [2.45, 2.75) is 59.3 Å². The van der Waals surface area contributed by atoms with Gasteiger partial charge in [-0.25, -0.2) is 0 Å². The Kier molecular flexibility index (Phi) is 8.05. The van der Waals surface area contributed by atoms with Crippen molar-refractivity contribution in [1.82, 2.24) is 15.1 Å². The Labute approximate surface area is 127 Å². The number of nitrogens with one attached hydrogen (secondary N) is 1. The lowest BCUT2D eigenvalue weighted by Crippen LogP contribution is -2.34. The highest BCUT2D eigenvalue weighted by Crippen LogP contribution is 2.14. The number of aromatic amines is 1. The molecule has 0 aliphatic carbocycles. The number of carbonyl (C=O) groups excluding carboxylic acids is 1. The summed E-state index contributed by atoms with van der Waals surface area (Å²) in [5.74, 6) is 0.0303. The van der Waals surface area contributed by atoms with E-state index in [-0.39, 0.29) is 12.5 Å². The zero-order valence-corrected chi connectivity index (χ0v) is 13.6. The Balaban J connectivity index is 2.61. The van der Waals surface area contributed by atoms with Gasteiger partial charge in [-0.1, -0.05) is 32.6 Å². The first-order valence-electron chi connectivity index (χ1n) is 8.03. The van der Waals surface area contributed by atoms with E-state index in [4.69, 9.17) is 5.11 Å². The third-order valence-corrected chi connectivity index (χ3v) is 3.75. The van der Waals surface area contributed by atoms with Gasteiger partial charge in [-0.3, -0.25) is 9.89 Å². The number of carbonyl (C=O) groups is 1. The van der Waals surface area contributed by atoms with E-state index < -0.39 is 0 Å². The van der Waals surface area contributed by atoms with Gasteiger partial charge in [0, 0.05) is 25.4 Å². The molecular formula is C16H29N3O2. The van der Waals surface area contributed by atoms with Crippen molar-refractivity contribution in [3.05, 3.63) is 17.0 Å². The van der Waals surface area contributed by atoms with Gasteiger partial charge in [-0.15, -0.1) is 0 Å². The van der Waals surface area contributed by atoms with E-state index in [1.54, 1.807) is 0 Å². The molecule has 2 N–H and O–H groups in total. The minimum atomic E-state index is 0.0303. The first kappa shape index (κ1) is 17.7. The lowest BCUT2D eigenvalue weighted by Gasteiger charge is -2.22. The molecule has 5 heteroatoms. The first-order valence-corrected chi connectivity index (χ1v) is 8.03. The fourth-order valence-electron chi connectivity index (χ4n) is 2.51. The molecule has 0 atom stereocenters. The van der Waals surface area contributed by atoms with Crippen LogP contribution in [0.2, 0.25) is 0 Å². The van der Waals surface area contributed by atoms with E-state index in [0.717, 1.165) is 30.8 Å². The Bertz CT molecular complexity index is 410. The van der Waals surface area contributed by atoms with Gasteiger partial charge in [0.2, 0.25) is 0 Å². The van der Waals surface area contributed by atoms with Gasteiger partial charge in [0.1, 0.15) is 0 Å². The highest BCUT2D eigenvalue weighted by molar-refractivity contribution is 5.96. The lowest BCUT2D eigenvalue weighted by molar-refractivity contribution is 0.0740. The van der Waals surface area contributed by atoms with Crippen molar-refractivity contribution in [2.75, 3.05) is 19.7 Å². The Hall–Kier alpha value is -1.36. The fraction of sp³-hybridized carbons (Fsp3) is 0.750. The summed E-state index contributed by atoms with van der Waals surface area (Å²) >= 11 is 0. The summed E-state index contributed by atoms with van der Waals surface area (Å²) in [6, 6.07) is 0. The minimum absolute atomic E-state index is 0.0303. The molecule has 0 saturated heterocycles. The van der Waals surface area contributed by atoms with Crippen LogP contribution in [0.4, 0.5) is 0 Å². The van der Waals surface area contributed by atoms with Gasteiger partial charge < -0.3 is 10.0 Å². The molecular weight excluding hydrogens is 266 g/mol. The second-order valence-corrected chi connectivity index (χ2v) is 5.59. The van der Waals surface area contributed by atoms with Crippen LogP contribution in [0.1, 0.15) is 67.2 Å². The van der Waals surface area contributed by atoms with Crippen LogP contribution in [0.5, 0.6) is 0 Å². The average Bonchev–Trinajstić information content (AvgIpc) is 2.80. The number of hydrogen-bond acceptors (Lipinski definition) is 3. The van der Waals surface area contributed by atoms with Crippen molar-refractivity contribution in [2.24, 2.45) is 0 Å². The number of rotatable bonds is 10. The maximum atomic E-state index is 12.7. The number of hydrogen-bond donors (Lipinski definition) is 2. The zero-order chi connectivity index (χ0) is 15.7. The molecule has 1 rings (SSSR count). The summed E-state index contributed by atoms with van der Waals surface area (Å²) in [6.07, 6.45) is 6.50. The Morgan fingerprint density at radius 3 is 2.38 bits per heavy atom. The molecule has 5 nitrogen and oxygen atoms in total. The van der Waals surface area contributed by atoms with Gasteiger partial charge in [0.05, 0.1) is 11.3 Å². The van der Waals surface area contributed by atoms with Gasteiger partial charge in [-0.2, -0.15) is 5.10 Å². The second kappa shape index (κ2) is 9.55. The van der Waals surface area contributed by atoms with Crippen molar-refractivity contribution in [3.8, 4) is 0 Å². The molecule has 21 heavy (non-hydrogen) atoms. The van der Waals surface area contributed by atoms with Crippen LogP contribution < -0.4 is 0 Å². The van der Waals surface area contributed by atoms with E-state index in [9.17, 15) is 4.79 Å². The molecule has 0 aliphatic rings. The monoisotopic (exact) mass is 295 g/mol. The number of aliphatic hydroxyl groups excluding tert-OH is 1. The van der Waals surface area contributed by atoms with E-state index in [1.807, 2.05) is 18.7 Å². The molecule has 1 aromatic heterocycles. The highest BCUT2D eigenvalue weighted by atomic mass is 16.3. The minimum Gasteiger partial charge on any atom is -0.396 e. The number of unbranched alkanes of at least 4 members (excludes halogenated alkanes) is 4. The van der Waals surface area contributed by atoms with E-state index in [1.165, 1.54) is 19.3 Å². The average molecular weight is 295 g/mol. The molecule has 0 aromatic carbocycles. The highest BCUT2D eigenvalue weighted by Gasteiger charge is 2.21. The molecule has 120 valence electrons. The quantitative estimate of drug-likeness (QED) is 0.652. The van der Waals surface area contributed by atoms with Crippen LogP contribution in [-0.2, 0) is 0 Å². The molecule has 1 aromatic rings. The molecule has 0 unspecified atom stereocenters. The van der Waals surface area contributed by atoms with Crippen molar-refractivity contribution < 1.29 is 9.90 Å². The van der Waals surface area contributed by atoms with Gasteiger partial charge >= 0.3 is 0 Å². The van der Waals surface area contributed by atoms with Gasteiger partial charge in [0.25, 0.3) is 5.91 Å². The topological polar surface area (TPSA) is 69.2 Å². The smallest absolute Gasteiger partial charge is 0.257 e. The third kappa shape index (κ3) is 5.50. The number of aromatic nitrogens is 2. The maximum absolute atomic E-state index is 12.7. The van der Waals surface area contributed by atoms with E-state index >= 15 is 0 Å². The molecule has 0 fully saturated rings. The third-order valence-electron chi connectivity index (χ3n) is 3.75. The maximum Gasteiger partial charge on any atom is 0.257 e. The molecule has 0 aliphatic heterocycles. The summed E-state index contributed by atoms with van der Waals surface area (Å²) < 4.78 is 0. The van der Waals surface area contributed by atoms with Crippen molar-refractivity contribution >= 4 is 5.91 Å². The molecule has 0 saturated carbocycles. The van der Waals surface area contributed by atoms with Crippen molar-refractivity contribution in [3.63, 3.8) is 0 Å². The second-order valence-electron chi connectivity index (χ2n) is 5.59. The summed E-state index contributed by atoms with van der Waals surface area (Å²) in [6.45, 7) is 7.39. The molecule has 1 amide bonds. The lowest BCUT2D eigenvalue weighted by atomic mass is 10.1. The van der Waals surface area contributed by atoms with Crippen LogP contribution in [0.15, 0.2) is 0 Å². The largest absolute Gasteiger partial charge is 0.396 e. The van der Waals surface area contributed by atoms with Crippen LogP contribution in [-0.4, -0.2) is 45.8 Å². The predicted molar refractivity (Wildman–Crippen MR) is 84.4 cm³/mol. The fourth-order valence-corrected chi connectivity index (χ4v) is 2.51. The Morgan fingerprint density at radius 2 is 1.81 bits per heavy atom. The number of amides is 1. The zero-order valence-electron chi connectivity index (χ0n) is 13.6. The standard InChI is InChI=1S/C16H29N3O2/c1-4-5-6-7-8-10-19(11-9-12-20)16(21)15-13(2)17-18-14(15)3/h20H,4-12H2,1-3H3,(H,17,18). The summed E-state index contributed by atoms with van der Waals surface area (Å²) in [5, 5.41) is 16.0. The number of nitrogens with zero attached hydrogens (tertiary/aromatic N) is 2. The molecule has 0 radical (unpaired) electrons. The van der Waals surface area contributed by atoms with Crippen molar-refractivity contribution in [1.29, 1.82) is 0 Å². The molecule has 1 heterocycles. The molecule has 0 bridgehead atoms.